The molecule has 4 unspecified atom stereocenters. The van der Waals surface area contributed by atoms with Gasteiger partial charge in [0, 0.05) is 66.5 Å². The van der Waals surface area contributed by atoms with Crippen molar-refractivity contribution in [2.24, 2.45) is 11.8 Å². The van der Waals surface area contributed by atoms with Crippen LogP contribution in [0.4, 0.5) is 11.4 Å². The molecule has 4 aromatic rings. The minimum Gasteiger partial charge on any atom is -0.392 e. The van der Waals surface area contributed by atoms with Gasteiger partial charge in [-0.15, -0.1) is 0 Å². The van der Waals surface area contributed by atoms with Gasteiger partial charge < -0.3 is 29.8 Å². The van der Waals surface area contributed by atoms with Crippen molar-refractivity contribution in [2.75, 3.05) is 54.4 Å². The second-order valence-electron chi connectivity index (χ2n) is 18.5. The van der Waals surface area contributed by atoms with Crippen molar-refractivity contribution < 1.29 is 39.2 Å². The van der Waals surface area contributed by atoms with Crippen LogP contribution in [-0.2, 0) is 19.2 Å². The molecule has 4 amide bonds. The van der Waals surface area contributed by atoms with Crippen molar-refractivity contribution in [3.8, 4) is 22.3 Å². The lowest BCUT2D eigenvalue weighted by Crippen LogP contribution is -2.51. The van der Waals surface area contributed by atoms with Crippen LogP contribution in [-0.4, -0.2) is 130 Å². The fourth-order valence-electron chi connectivity index (χ4n) is 9.08. The average Bonchev–Trinajstić information content (AvgIpc) is 3.32. The van der Waals surface area contributed by atoms with Gasteiger partial charge in [-0.3, -0.25) is 39.4 Å². The standard InChI is InChI=1S/C52H60N6O10S/c1-31(2)35-13-9-11-15-37(35)47-33(19-23-45(61)55-27-25-41(59)39(29-55)51(63)53(5)6)17-21-43(49(47)57(65)66)69-44-22-18-34(48(50(44)58(67)68)38-16-12-10-14-36(38)32(3)4)20-24-46(62)56-28-26-42(60)40(30-56)52(64)54(7)8/h9-24,31-32,39-42,59-60H,25-30H2,1-8H3/b23-19+,24-20+. The van der Waals surface area contributed by atoms with Crippen LogP contribution >= 0.6 is 11.8 Å². The van der Waals surface area contributed by atoms with Crippen LogP contribution in [0.25, 0.3) is 34.4 Å². The summed E-state index contributed by atoms with van der Waals surface area (Å²) in [7, 11) is 6.33. The topological polar surface area (TPSA) is 208 Å². The number of hydrogen-bond acceptors (Lipinski definition) is 11. The molecule has 4 atom stereocenters. The molecule has 2 aliphatic heterocycles. The molecule has 0 spiro atoms. The first-order valence-corrected chi connectivity index (χ1v) is 23.7. The summed E-state index contributed by atoms with van der Waals surface area (Å²) < 4.78 is 0. The Hall–Kier alpha value is -6.69. The summed E-state index contributed by atoms with van der Waals surface area (Å²) in [5.74, 6) is -3.27. The molecule has 0 aliphatic carbocycles. The summed E-state index contributed by atoms with van der Waals surface area (Å²) in [6.07, 6.45) is 4.19. The summed E-state index contributed by atoms with van der Waals surface area (Å²) in [6, 6.07) is 20.8. The van der Waals surface area contributed by atoms with Crippen LogP contribution < -0.4 is 0 Å². The first-order chi connectivity index (χ1) is 32.7. The zero-order valence-electron chi connectivity index (χ0n) is 40.2. The van der Waals surface area contributed by atoms with E-state index in [1.54, 1.807) is 64.6 Å². The predicted molar refractivity (Wildman–Crippen MR) is 266 cm³/mol. The quantitative estimate of drug-likeness (QED) is 0.0707. The van der Waals surface area contributed by atoms with E-state index >= 15 is 0 Å². The molecule has 4 aromatic carbocycles. The Bertz CT molecular complexity index is 2520. The lowest BCUT2D eigenvalue weighted by atomic mass is 9.89. The number of carbonyl (C=O) groups excluding carboxylic acids is 4. The number of hydrogen-bond donors (Lipinski definition) is 2. The third-order valence-corrected chi connectivity index (χ3v) is 13.8. The molecular formula is C52H60N6O10S. The molecule has 0 aromatic heterocycles. The maximum atomic E-state index is 13.7. The highest BCUT2D eigenvalue weighted by Crippen LogP contribution is 2.50. The monoisotopic (exact) mass is 960 g/mol. The number of carbonyl (C=O) groups is 4. The molecule has 2 aliphatic rings. The van der Waals surface area contributed by atoms with E-state index in [4.69, 9.17) is 0 Å². The highest BCUT2D eigenvalue weighted by atomic mass is 32.2. The number of aliphatic hydroxyl groups excluding tert-OH is 2. The van der Waals surface area contributed by atoms with Gasteiger partial charge in [0.05, 0.1) is 54.8 Å². The Morgan fingerprint density at radius 3 is 1.32 bits per heavy atom. The van der Waals surface area contributed by atoms with Gasteiger partial charge in [0.15, 0.2) is 0 Å². The van der Waals surface area contributed by atoms with Crippen molar-refractivity contribution in [3.63, 3.8) is 0 Å². The third kappa shape index (κ3) is 11.4. The lowest BCUT2D eigenvalue weighted by molar-refractivity contribution is -0.387. The molecule has 16 nitrogen and oxygen atoms in total. The maximum Gasteiger partial charge on any atom is 0.291 e. The van der Waals surface area contributed by atoms with Gasteiger partial charge in [-0.1, -0.05) is 100 Å². The Labute approximate surface area is 406 Å². The number of likely N-dealkylation sites (tertiary alicyclic amines) is 2. The molecule has 0 radical (unpaired) electrons. The van der Waals surface area contributed by atoms with Gasteiger partial charge in [-0.05, 0) is 82.3 Å². The van der Waals surface area contributed by atoms with Crippen LogP contribution in [0.2, 0.25) is 0 Å². The van der Waals surface area contributed by atoms with Crippen molar-refractivity contribution in [1.82, 2.24) is 19.6 Å². The van der Waals surface area contributed by atoms with Crippen LogP contribution in [0, 0.1) is 32.1 Å². The normalized spacial score (nSPS) is 18.6. The molecule has 6 rings (SSSR count). The number of nitro groups is 2. The Morgan fingerprint density at radius 2 is 0.986 bits per heavy atom. The highest BCUT2D eigenvalue weighted by Gasteiger charge is 2.37. The molecule has 17 heteroatoms. The van der Waals surface area contributed by atoms with E-state index in [2.05, 4.69) is 0 Å². The van der Waals surface area contributed by atoms with E-state index in [0.29, 0.717) is 22.3 Å². The van der Waals surface area contributed by atoms with Crippen LogP contribution in [0.3, 0.4) is 0 Å². The zero-order chi connectivity index (χ0) is 50.4. The second kappa shape index (κ2) is 22.2. The minimum absolute atomic E-state index is 0.00346. The molecule has 2 saturated heterocycles. The fraction of sp³-hybridized carbons (Fsp3) is 0.385. The fourth-order valence-corrected chi connectivity index (χ4v) is 10.1. The number of amides is 4. The SMILES string of the molecule is CC(C)c1ccccc1-c1c(/C=C/C(=O)N2CCC(O)C(C(=O)N(C)C)C2)ccc(Sc2ccc(/C=C/C(=O)N3CCC(O)C(C(=O)N(C)C)C3)c(-c3ccccc3C(C)C)c2[N+](=O)[O-])c1[N+](=O)[O-]. The Morgan fingerprint density at radius 1 is 0.623 bits per heavy atom. The minimum atomic E-state index is -0.912. The highest BCUT2D eigenvalue weighted by molar-refractivity contribution is 7.99. The molecule has 0 saturated carbocycles. The lowest BCUT2D eigenvalue weighted by Gasteiger charge is -2.36. The summed E-state index contributed by atoms with van der Waals surface area (Å²) >= 11 is 0.865. The summed E-state index contributed by atoms with van der Waals surface area (Å²) in [5.41, 5.74) is 3.12. The number of nitro benzene ring substituents is 2. The molecule has 0 bridgehead atoms. The Kier molecular flexibility index (Phi) is 16.6. The van der Waals surface area contributed by atoms with Crippen molar-refractivity contribution in [1.29, 1.82) is 0 Å². The smallest absolute Gasteiger partial charge is 0.291 e. The molecule has 2 fully saturated rings. The van der Waals surface area contributed by atoms with E-state index in [-0.39, 0.29) is 95.0 Å². The first kappa shape index (κ1) is 51.7. The number of nitrogens with zero attached hydrogens (tertiary/aromatic N) is 6. The molecule has 364 valence electrons. The average molecular weight is 961 g/mol. The van der Waals surface area contributed by atoms with E-state index in [1.165, 1.54) is 56.0 Å². The number of aliphatic hydroxyl groups is 2. The summed E-state index contributed by atoms with van der Waals surface area (Å²) in [5, 5.41) is 48.2. The van der Waals surface area contributed by atoms with Gasteiger partial charge in [0.25, 0.3) is 11.4 Å². The first-order valence-electron chi connectivity index (χ1n) is 22.9. The van der Waals surface area contributed by atoms with E-state index in [1.807, 2.05) is 52.0 Å². The van der Waals surface area contributed by atoms with E-state index < -0.39 is 45.7 Å². The van der Waals surface area contributed by atoms with Gasteiger partial charge in [0.2, 0.25) is 23.6 Å². The van der Waals surface area contributed by atoms with Gasteiger partial charge in [-0.25, -0.2) is 0 Å². The van der Waals surface area contributed by atoms with Crippen molar-refractivity contribution in [2.45, 2.75) is 74.4 Å². The van der Waals surface area contributed by atoms with Gasteiger partial charge in [0.1, 0.15) is 0 Å². The number of rotatable bonds is 14. The van der Waals surface area contributed by atoms with Gasteiger partial charge >= 0.3 is 0 Å². The number of benzene rings is 4. The van der Waals surface area contributed by atoms with Crippen LogP contribution in [0.5, 0.6) is 0 Å². The van der Waals surface area contributed by atoms with Crippen LogP contribution in [0.1, 0.15) is 74.6 Å². The molecular weight excluding hydrogens is 901 g/mol. The van der Waals surface area contributed by atoms with E-state index in [0.717, 1.165) is 22.9 Å². The van der Waals surface area contributed by atoms with Crippen molar-refractivity contribution in [3.05, 3.63) is 127 Å². The zero-order valence-corrected chi connectivity index (χ0v) is 41.0. The van der Waals surface area contributed by atoms with Gasteiger partial charge in [-0.2, -0.15) is 0 Å². The van der Waals surface area contributed by atoms with Crippen LogP contribution in [0.15, 0.2) is 94.7 Å². The predicted octanol–water partition coefficient (Wildman–Crippen LogP) is 7.86. The molecule has 2 N–H and O–H groups in total. The second-order valence-corrected chi connectivity index (χ2v) is 19.6. The molecule has 69 heavy (non-hydrogen) atoms. The summed E-state index contributed by atoms with van der Waals surface area (Å²) in [6.45, 7) is 8.24. The summed E-state index contributed by atoms with van der Waals surface area (Å²) in [4.78, 5) is 85.0. The maximum absolute atomic E-state index is 13.7. The van der Waals surface area contributed by atoms with Crippen molar-refractivity contribution >= 4 is 58.9 Å². The Balaban J connectivity index is 1.48. The third-order valence-electron chi connectivity index (χ3n) is 12.7. The largest absolute Gasteiger partial charge is 0.392 e. The molecule has 2 heterocycles. The van der Waals surface area contributed by atoms with E-state index in [9.17, 15) is 49.6 Å². The number of piperidine rings is 2.